The van der Waals surface area contributed by atoms with E-state index in [1.807, 2.05) is 12.1 Å². The molecular weight excluding hydrogens is 272 g/mol. The third-order valence-electron chi connectivity index (χ3n) is 2.96. The van der Waals surface area contributed by atoms with Crippen LogP contribution in [0.2, 0.25) is 0 Å². The molecule has 0 heterocycles. The van der Waals surface area contributed by atoms with Crippen molar-refractivity contribution in [2.45, 2.75) is 13.0 Å². The van der Waals surface area contributed by atoms with Gasteiger partial charge in [0, 0.05) is 17.8 Å². The number of anilines is 1. The molecule has 2 rings (SSSR count). The highest BCUT2D eigenvalue weighted by molar-refractivity contribution is 5.56. The highest BCUT2D eigenvalue weighted by Crippen LogP contribution is 2.20. The first-order valence-corrected chi connectivity index (χ1v) is 6.19. The van der Waals surface area contributed by atoms with Crippen molar-refractivity contribution < 1.29 is 8.78 Å². The summed E-state index contributed by atoms with van der Waals surface area (Å²) in [5.41, 5.74) is 1.95. The number of hydrogen-bond acceptors (Lipinski definition) is 3. The molecule has 0 aliphatic heterocycles. The largest absolute Gasteiger partial charge is 0.381 e. The number of nitrogens with one attached hydrogen (secondary N) is 1. The van der Waals surface area contributed by atoms with E-state index in [0.29, 0.717) is 17.8 Å². The van der Waals surface area contributed by atoms with Crippen LogP contribution >= 0.6 is 0 Å². The Balaban J connectivity index is 2.12. The van der Waals surface area contributed by atoms with Gasteiger partial charge in [-0.2, -0.15) is 10.5 Å². The van der Waals surface area contributed by atoms with Crippen molar-refractivity contribution in [3.63, 3.8) is 0 Å². The van der Waals surface area contributed by atoms with E-state index in [0.717, 1.165) is 5.56 Å². The van der Waals surface area contributed by atoms with Crippen LogP contribution in [-0.2, 0) is 6.54 Å². The van der Waals surface area contributed by atoms with E-state index in [4.69, 9.17) is 10.5 Å². The topological polar surface area (TPSA) is 59.6 Å². The van der Waals surface area contributed by atoms with E-state index in [-0.39, 0.29) is 11.1 Å². The Hall–Kier alpha value is -2.92. The zero-order valence-electron chi connectivity index (χ0n) is 11.0. The Morgan fingerprint density at radius 1 is 1.00 bits per heavy atom. The van der Waals surface area contributed by atoms with Crippen molar-refractivity contribution in [1.82, 2.24) is 0 Å². The third kappa shape index (κ3) is 3.55. The second-order valence-corrected chi connectivity index (χ2v) is 4.38. The molecule has 1 N–H and O–H groups in total. The standard InChI is InChI=1S/C16H11F2N3/c17-16(18)12-3-1-2-11(6-12)10-21-15-5-4-13(8-19)14(7-15)9-20/h1-7,16,21H,10H2. The van der Waals surface area contributed by atoms with E-state index < -0.39 is 6.43 Å². The Labute approximate surface area is 121 Å². The number of nitriles is 2. The van der Waals surface area contributed by atoms with Gasteiger partial charge in [-0.05, 0) is 29.8 Å². The van der Waals surface area contributed by atoms with E-state index >= 15 is 0 Å². The van der Waals surface area contributed by atoms with Gasteiger partial charge in [0.25, 0.3) is 6.43 Å². The van der Waals surface area contributed by atoms with Gasteiger partial charge in [0.1, 0.15) is 12.1 Å². The molecule has 0 saturated carbocycles. The number of nitrogens with zero attached hydrogens (tertiary/aromatic N) is 2. The molecule has 0 aliphatic carbocycles. The fourth-order valence-electron chi connectivity index (χ4n) is 1.89. The van der Waals surface area contributed by atoms with Crippen molar-refractivity contribution in [1.29, 1.82) is 10.5 Å². The van der Waals surface area contributed by atoms with E-state index in [1.54, 1.807) is 30.3 Å². The maximum Gasteiger partial charge on any atom is 0.263 e. The van der Waals surface area contributed by atoms with Gasteiger partial charge in [-0.3, -0.25) is 0 Å². The molecule has 0 radical (unpaired) electrons. The lowest BCUT2D eigenvalue weighted by molar-refractivity contribution is 0.151. The molecule has 2 aromatic carbocycles. The van der Waals surface area contributed by atoms with Crippen molar-refractivity contribution >= 4 is 5.69 Å². The number of rotatable bonds is 4. The molecule has 5 heteroatoms. The lowest BCUT2D eigenvalue weighted by Gasteiger charge is -2.09. The Bertz CT molecular complexity index is 727. The average molecular weight is 283 g/mol. The molecule has 0 fully saturated rings. The van der Waals surface area contributed by atoms with Gasteiger partial charge in [-0.25, -0.2) is 8.78 Å². The first-order chi connectivity index (χ1) is 10.1. The maximum absolute atomic E-state index is 12.6. The quantitative estimate of drug-likeness (QED) is 0.923. The minimum atomic E-state index is -2.50. The molecule has 0 unspecified atom stereocenters. The van der Waals surface area contributed by atoms with Crippen LogP contribution in [0.4, 0.5) is 14.5 Å². The van der Waals surface area contributed by atoms with Gasteiger partial charge in [-0.15, -0.1) is 0 Å². The summed E-state index contributed by atoms with van der Waals surface area (Å²) in [6, 6.07) is 14.8. The lowest BCUT2D eigenvalue weighted by atomic mass is 10.1. The van der Waals surface area contributed by atoms with Gasteiger partial charge in [0.05, 0.1) is 11.1 Å². The molecule has 3 nitrogen and oxygen atoms in total. The average Bonchev–Trinajstić information content (AvgIpc) is 2.52. The van der Waals surface area contributed by atoms with Crippen LogP contribution in [-0.4, -0.2) is 0 Å². The fourth-order valence-corrected chi connectivity index (χ4v) is 1.89. The smallest absolute Gasteiger partial charge is 0.263 e. The highest BCUT2D eigenvalue weighted by Gasteiger charge is 2.07. The van der Waals surface area contributed by atoms with Crippen LogP contribution in [0.5, 0.6) is 0 Å². The lowest BCUT2D eigenvalue weighted by Crippen LogP contribution is -2.01. The van der Waals surface area contributed by atoms with Crippen LogP contribution in [0.3, 0.4) is 0 Å². The van der Waals surface area contributed by atoms with Gasteiger partial charge in [0.2, 0.25) is 0 Å². The fraction of sp³-hybridized carbons (Fsp3) is 0.125. The SMILES string of the molecule is N#Cc1ccc(NCc2cccc(C(F)F)c2)cc1C#N. The van der Waals surface area contributed by atoms with Gasteiger partial charge >= 0.3 is 0 Å². The summed E-state index contributed by atoms with van der Waals surface area (Å²) in [5, 5.41) is 20.8. The second kappa shape index (κ2) is 6.49. The molecule has 0 spiro atoms. The van der Waals surface area contributed by atoms with Crippen LogP contribution in [0.1, 0.15) is 28.7 Å². The third-order valence-corrected chi connectivity index (χ3v) is 2.96. The minimum Gasteiger partial charge on any atom is -0.381 e. The zero-order valence-corrected chi connectivity index (χ0v) is 11.0. The number of hydrogen-bond donors (Lipinski definition) is 1. The van der Waals surface area contributed by atoms with Crippen molar-refractivity contribution in [2.75, 3.05) is 5.32 Å². The Morgan fingerprint density at radius 3 is 2.43 bits per heavy atom. The molecule has 21 heavy (non-hydrogen) atoms. The Kier molecular flexibility index (Phi) is 4.48. The Morgan fingerprint density at radius 2 is 1.76 bits per heavy atom. The summed E-state index contributed by atoms with van der Waals surface area (Å²) in [6.07, 6.45) is -2.50. The first-order valence-electron chi connectivity index (χ1n) is 6.19. The summed E-state index contributed by atoms with van der Waals surface area (Å²) in [7, 11) is 0. The minimum absolute atomic E-state index is 0.0214. The van der Waals surface area contributed by atoms with Crippen LogP contribution < -0.4 is 5.32 Å². The van der Waals surface area contributed by atoms with Crippen LogP contribution in [0, 0.1) is 22.7 Å². The van der Waals surface area contributed by atoms with Crippen molar-refractivity contribution in [3.8, 4) is 12.1 Å². The molecule has 2 aromatic rings. The summed E-state index contributed by atoms with van der Waals surface area (Å²) in [5.74, 6) is 0. The van der Waals surface area contributed by atoms with Gasteiger partial charge < -0.3 is 5.32 Å². The molecule has 0 aliphatic rings. The van der Waals surface area contributed by atoms with Gasteiger partial charge in [0.15, 0.2) is 0 Å². The number of alkyl halides is 2. The molecule has 0 saturated heterocycles. The predicted octanol–water partition coefficient (Wildman–Crippen LogP) is 3.98. The first kappa shape index (κ1) is 14.5. The highest BCUT2D eigenvalue weighted by atomic mass is 19.3. The van der Waals surface area contributed by atoms with Crippen LogP contribution in [0.25, 0.3) is 0 Å². The molecular formula is C16H11F2N3. The van der Waals surface area contributed by atoms with E-state index in [9.17, 15) is 8.78 Å². The summed E-state index contributed by atoms with van der Waals surface area (Å²) in [6.45, 7) is 0.358. The van der Waals surface area contributed by atoms with Gasteiger partial charge in [-0.1, -0.05) is 18.2 Å². The zero-order chi connectivity index (χ0) is 15.2. The monoisotopic (exact) mass is 283 g/mol. The second-order valence-electron chi connectivity index (χ2n) is 4.38. The number of halogens is 2. The molecule has 0 bridgehead atoms. The molecule has 104 valence electrons. The van der Waals surface area contributed by atoms with E-state index in [2.05, 4.69) is 5.32 Å². The summed E-state index contributed by atoms with van der Waals surface area (Å²) >= 11 is 0. The summed E-state index contributed by atoms with van der Waals surface area (Å²) < 4.78 is 25.2. The van der Waals surface area contributed by atoms with Crippen molar-refractivity contribution in [2.24, 2.45) is 0 Å². The van der Waals surface area contributed by atoms with Crippen LogP contribution in [0.15, 0.2) is 42.5 Å². The molecule has 0 aromatic heterocycles. The summed E-state index contributed by atoms with van der Waals surface area (Å²) in [4.78, 5) is 0. The normalized spacial score (nSPS) is 9.95. The predicted molar refractivity (Wildman–Crippen MR) is 74.6 cm³/mol. The van der Waals surface area contributed by atoms with E-state index in [1.165, 1.54) is 12.1 Å². The molecule has 0 amide bonds. The van der Waals surface area contributed by atoms with Crippen molar-refractivity contribution in [3.05, 3.63) is 64.7 Å². The number of benzene rings is 2. The maximum atomic E-state index is 12.6. The molecule has 0 atom stereocenters.